The zero-order valence-corrected chi connectivity index (χ0v) is 34.0. The minimum atomic E-state index is -0.374. The van der Waals surface area contributed by atoms with Gasteiger partial charge in [0, 0.05) is 45.2 Å². The average Bonchev–Trinajstić information content (AvgIpc) is 3.13. The van der Waals surface area contributed by atoms with E-state index < -0.39 is 0 Å². The number of nitrogens with zero attached hydrogens (tertiary/aromatic N) is 3. The molecule has 300 valence electrons. The predicted octanol–water partition coefficient (Wildman–Crippen LogP) is 5.96. The largest absolute Gasteiger partial charge is 0.493 e. The zero-order chi connectivity index (χ0) is 36.6. The van der Waals surface area contributed by atoms with Crippen molar-refractivity contribution >= 4 is 66.3 Å². The second kappa shape index (κ2) is 25.3. The van der Waals surface area contributed by atoms with Crippen molar-refractivity contribution in [1.29, 1.82) is 0 Å². The van der Waals surface area contributed by atoms with Crippen molar-refractivity contribution in [3.05, 3.63) is 77.4 Å². The number of hydrogen-bond donors (Lipinski definition) is 3. The number of likely N-dealkylation sites (N-methyl/N-ethyl adjacent to an activating group) is 1. The summed E-state index contributed by atoms with van der Waals surface area (Å²) in [6.45, 7) is 7.50. The van der Waals surface area contributed by atoms with Crippen molar-refractivity contribution in [2.24, 2.45) is 11.5 Å². The summed E-state index contributed by atoms with van der Waals surface area (Å²) in [5.41, 5.74) is 14.1. The van der Waals surface area contributed by atoms with Crippen molar-refractivity contribution in [1.82, 2.24) is 9.80 Å². The standard InChI is InChI=1S/C39H54N6O6.3ClH/c1-29-14-17-33(36(27-29)51-24-8-4-5-13-37(46)45-22-20-43(2)21-23-45)44(3)39(48)30-15-16-32(35(28-30)50-26-10-19-41)42-38(47)31-11-6-7-12-34(31)49-25-9-18-40;;;/h6-7,11-12,14-17,27-28H,4-5,8-10,13,18-26,40-41H2,1-3H3,(H,42,47);3*1H. The van der Waals surface area contributed by atoms with Gasteiger partial charge in [0.05, 0.1) is 36.8 Å². The molecule has 1 aliphatic heterocycles. The molecule has 3 aromatic rings. The van der Waals surface area contributed by atoms with E-state index in [4.69, 9.17) is 25.7 Å². The Labute approximate surface area is 338 Å². The van der Waals surface area contributed by atoms with Crippen LogP contribution >= 0.6 is 37.2 Å². The molecule has 0 aromatic heterocycles. The maximum Gasteiger partial charge on any atom is 0.259 e. The van der Waals surface area contributed by atoms with Gasteiger partial charge in [0.1, 0.15) is 17.2 Å². The van der Waals surface area contributed by atoms with E-state index in [1.54, 1.807) is 54.4 Å². The molecule has 4 rings (SSSR count). The lowest BCUT2D eigenvalue weighted by Crippen LogP contribution is -2.47. The van der Waals surface area contributed by atoms with Crippen LogP contribution in [0.25, 0.3) is 0 Å². The Kier molecular flexibility index (Phi) is 22.6. The minimum Gasteiger partial charge on any atom is -0.493 e. The Morgan fingerprint density at radius 1 is 0.741 bits per heavy atom. The number of carbonyl (C=O) groups excluding carboxylic acids is 3. The van der Waals surface area contributed by atoms with Gasteiger partial charge in [0.2, 0.25) is 5.91 Å². The molecular weight excluding hydrogens is 755 g/mol. The number of hydrogen-bond acceptors (Lipinski definition) is 9. The SMILES string of the molecule is Cc1ccc(N(C)C(=O)c2ccc(NC(=O)c3ccccc3OCCCN)c(OCCCN)c2)c(OCCCCCC(=O)N2CCN(C)CC2)c1.Cl.Cl.Cl. The quantitative estimate of drug-likeness (QED) is 0.125. The van der Waals surface area contributed by atoms with Gasteiger partial charge < -0.3 is 45.7 Å². The van der Waals surface area contributed by atoms with Crippen molar-refractivity contribution in [3.8, 4) is 17.2 Å². The van der Waals surface area contributed by atoms with Crippen LogP contribution in [0.1, 0.15) is 64.8 Å². The zero-order valence-electron chi connectivity index (χ0n) is 31.6. The fraction of sp³-hybridized carbons (Fsp3) is 0.462. The van der Waals surface area contributed by atoms with Crippen LogP contribution in [-0.2, 0) is 4.79 Å². The minimum absolute atomic E-state index is 0. The third-order valence-electron chi connectivity index (χ3n) is 8.75. The number of rotatable bonds is 19. The number of para-hydroxylation sites is 1. The van der Waals surface area contributed by atoms with Crippen LogP contribution in [0, 0.1) is 6.92 Å². The third-order valence-corrected chi connectivity index (χ3v) is 8.75. The Balaban J connectivity index is 0.00000486. The lowest BCUT2D eigenvalue weighted by Gasteiger charge is -2.32. The Bertz CT molecular complexity index is 1610. The third kappa shape index (κ3) is 14.5. The van der Waals surface area contributed by atoms with Crippen LogP contribution in [0.2, 0.25) is 0 Å². The lowest BCUT2D eigenvalue weighted by atomic mass is 10.1. The van der Waals surface area contributed by atoms with Gasteiger partial charge in [-0.3, -0.25) is 14.4 Å². The molecular formula is C39H57Cl3N6O6. The number of benzene rings is 3. The van der Waals surface area contributed by atoms with Crippen LogP contribution in [0.4, 0.5) is 11.4 Å². The molecule has 1 aliphatic rings. The molecule has 0 aliphatic carbocycles. The first-order chi connectivity index (χ1) is 24.7. The molecule has 12 nitrogen and oxygen atoms in total. The Hall–Kier alpha value is -3.78. The van der Waals surface area contributed by atoms with Crippen LogP contribution in [0.15, 0.2) is 60.7 Å². The number of nitrogens with one attached hydrogen (secondary N) is 1. The molecule has 54 heavy (non-hydrogen) atoms. The van der Waals surface area contributed by atoms with Crippen molar-refractivity contribution in [2.45, 2.75) is 45.4 Å². The van der Waals surface area contributed by atoms with E-state index in [1.807, 2.05) is 30.0 Å². The monoisotopic (exact) mass is 810 g/mol. The van der Waals surface area contributed by atoms with Gasteiger partial charge in [-0.25, -0.2) is 0 Å². The van der Waals surface area contributed by atoms with Crippen molar-refractivity contribution in [2.75, 3.05) is 83.4 Å². The lowest BCUT2D eigenvalue weighted by molar-refractivity contribution is -0.132. The summed E-state index contributed by atoms with van der Waals surface area (Å²) in [7, 11) is 3.78. The van der Waals surface area contributed by atoms with Gasteiger partial charge >= 0.3 is 0 Å². The molecule has 0 spiro atoms. The van der Waals surface area contributed by atoms with E-state index >= 15 is 0 Å². The van der Waals surface area contributed by atoms with E-state index in [-0.39, 0.29) is 54.9 Å². The van der Waals surface area contributed by atoms with E-state index in [0.29, 0.717) is 91.9 Å². The summed E-state index contributed by atoms with van der Waals surface area (Å²) in [5.74, 6) is 0.990. The summed E-state index contributed by atoms with van der Waals surface area (Å²) >= 11 is 0. The highest BCUT2D eigenvalue weighted by atomic mass is 35.5. The summed E-state index contributed by atoms with van der Waals surface area (Å²) < 4.78 is 18.0. The highest BCUT2D eigenvalue weighted by molar-refractivity contribution is 6.09. The molecule has 0 atom stereocenters. The molecule has 3 aromatic carbocycles. The van der Waals surface area contributed by atoms with E-state index in [1.165, 1.54) is 0 Å². The average molecular weight is 812 g/mol. The molecule has 1 fully saturated rings. The summed E-state index contributed by atoms with van der Waals surface area (Å²) in [4.78, 5) is 45.6. The highest BCUT2D eigenvalue weighted by Crippen LogP contribution is 2.33. The molecule has 0 radical (unpaired) electrons. The number of amides is 3. The van der Waals surface area contributed by atoms with Gasteiger partial charge in [-0.1, -0.05) is 18.2 Å². The number of unbranched alkanes of at least 4 members (excludes halogenated alkanes) is 2. The second-order valence-electron chi connectivity index (χ2n) is 12.8. The molecule has 1 saturated heterocycles. The number of anilines is 2. The van der Waals surface area contributed by atoms with E-state index in [0.717, 1.165) is 51.0 Å². The molecule has 1 heterocycles. The van der Waals surface area contributed by atoms with E-state index in [9.17, 15) is 14.4 Å². The van der Waals surface area contributed by atoms with Crippen LogP contribution in [0.5, 0.6) is 17.2 Å². The fourth-order valence-electron chi connectivity index (χ4n) is 5.65. The van der Waals surface area contributed by atoms with E-state index in [2.05, 4.69) is 17.3 Å². The van der Waals surface area contributed by atoms with Gasteiger partial charge in [0.15, 0.2) is 0 Å². The van der Waals surface area contributed by atoms with Crippen molar-refractivity contribution in [3.63, 3.8) is 0 Å². The summed E-state index contributed by atoms with van der Waals surface area (Å²) in [5, 5.41) is 2.92. The molecule has 0 bridgehead atoms. The number of aryl methyl sites for hydroxylation is 1. The topological polar surface area (TPSA) is 153 Å². The highest BCUT2D eigenvalue weighted by Gasteiger charge is 2.22. The first-order valence-corrected chi connectivity index (χ1v) is 17.9. The van der Waals surface area contributed by atoms with Gasteiger partial charge in [-0.15, -0.1) is 37.2 Å². The number of carbonyl (C=O) groups is 3. The number of piperazine rings is 1. The van der Waals surface area contributed by atoms with Gasteiger partial charge in [0.25, 0.3) is 11.8 Å². The smallest absolute Gasteiger partial charge is 0.259 e. The number of nitrogens with two attached hydrogens (primary N) is 2. The molecule has 3 amide bonds. The Morgan fingerprint density at radius 3 is 2.06 bits per heavy atom. The van der Waals surface area contributed by atoms with Crippen LogP contribution in [-0.4, -0.2) is 101 Å². The van der Waals surface area contributed by atoms with Gasteiger partial charge in [-0.2, -0.15) is 0 Å². The Morgan fingerprint density at radius 2 is 1.37 bits per heavy atom. The fourth-order valence-corrected chi connectivity index (χ4v) is 5.65. The summed E-state index contributed by atoms with van der Waals surface area (Å²) in [6, 6.07) is 17.7. The predicted molar refractivity (Wildman–Crippen MR) is 223 cm³/mol. The molecule has 0 saturated carbocycles. The van der Waals surface area contributed by atoms with Crippen molar-refractivity contribution < 1.29 is 28.6 Å². The maximum absolute atomic E-state index is 13.9. The van der Waals surface area contributed by atoms with Crippen LogP contribution < -0.4 is 35.9 Å². The number of ether oxygens (including phenoxy) is 3. The normalized spacial score (nSPS) is 12.4. The maximum atomic E-state index is 13.9. The second-order valence-corrected chi connectivity index (χ2v) is 12.8. The molecule has 5 N–H and O–H groups in total. The van der Waals surface area contributed by atoms with Gasteiger partial charge in [-0.05, 0) is 107 Å². The molecule has 0 unspecified atom stereocenters. The number of halogens is 3. The first kappa shape index (κ1) is 48.2. The summed E-state index contributed by atoms with van der Waals surface area (Å²) in [6.07, 6.45) is 4.29. The first-order valence-electron chi connectivity index (χ1n) is 17.9. The molecule has 15 heteroatoms. The van der Waals surface area contributed by atoms with Crippen LogP contribution in [0.3, 0.4) is 0 Å².